The molecular weight excluding hydrogens is 452 g/mol. The number of carbonyl (C=O) groups excluding carboxylic acids is 4. The third-order valence-electron chi connectivity index (χ3n) is 4.64. The first-order valence-corrected chi connectivity index (χ1v) is 14.7. The van der Waals surface area contributed by atoms with Crippen molar-refractivity contribution < 1.29 is 47.6 Å². The van der Waals surface area contributed by atoms with E-state index in [0.29, 0.717) is 6.61 Å². The van der Waals surface area contributed by atoms with Gasteiger partial charge in [0.25, 0.3) is 0 Å². The fraction of sp³-hybridized carbons (Fsp3) is 0.818. The van der Waals surface area contributed by atoms with Gasteiger partial charge in [-0.25, -0.2) is 0 Å². The van der Waals surface area contributed by atoms with Crippen molar-refractivity contribution in [3.8, 4) is 0 Å². The third-order valence-corrected chi connectivity index (χ3v) is 6.34. The van der Waals surface area contributed by atoms with E-state index in [1.807, 2.05) is 0 Å². The maximum Gasteiger partial charge on any atom is 0.311 e. The van der Waals surface area contributed by atoms with Crippen LogP contribution in [0, 0.1) is 5.41 Å². The Kier molecular flexibility index (Phi) is 10.5. The summed E-state index contributed by atoms with van der Waals surface area (Å²) >= 11 is 0. The molecule has 0 aromatic rings. The molecule has 0 N–H and O–H groups in total. The average molecular weight is 491 g/mol. The maximum absolute atomic E-state index is 12.7. The van der Waals surface area contributed by atoms with Gasteiger partial charge in [0.1, 0.15) is 12.7 Å². The van der Waals surface area contributed by atoms with Gasteiger partial charge in [-0.3, -0.25) is 19.2 Å². The quantitative estimate of drug-likeness (QED) is 0.270. The number of esters is 4. The summed E-state index contributed by atoms with van der Waals surface area (Å²) in [6, 6.07) is 0.799. The Bertz CT molecular complexity index is 709. The number of hydrogen-bond donors (Lipinski definition) is 0. The molecule has 0 unspecified atom stereocenters. The van der Waals surface area contributed by atoms with Crippen LogP contribution < -0.4 is 0 Å². The van der Waals surface area contributed by atoms with E-state index in [4.69, 9.17) is 28.4 Å². The summed E-state index contributed by atoms with van der Waals surface area (Å²) < 4.78 is 33.5. The molecule has 190 valence electrons. The van der Waals surface area contributed by atoms with E-state index < -0.39 is 68.1 Å². The molecule has 1 rings (SSSR count). The molecule has 0 amide bonds. The van der Waals surface area contributed by atoms with Gasteiger partial charge in [0.05, 0.1) is 5.41 Å². The number of ether oxygens (including phenoxy) is 6. The molecule has 11 heteroatoms. The van der Waals surface area contributed by atoms with Gasteiger partial charge in [0, 0.05) is 35.5 Å². The zero-order valence-corrected chi connectivity index (χ0v) is 22.1. The highest BCUT2D eigenvalue weighted by Crippen LogP contribution is 2.32. The molecule has 1 aliphatic rings. The normalized spacial score (nSPS) is 25.7. The zero-order chi connectivity index (χ0) is 25.6. The van der Waals surface area contributed by atoms with Crippen LogP contribution >= 0.6 is 0 Å². The van der Waals surface area contributed by atoms with E-state index in [9.17, 15) is 19.2 Å². The maximum atomic E-state index is 12.7. The summed E-state index contributed by atoms with van der Waals surface area (Å²) in [6.45, 7) is 15.2. The average Bonchev–Trinajstić information content (AvgIpc) is 2.61. The Labute approximate surface area is 196 Å². The second-order valence-corrected chi connectivity index (χ2v) is 15.9. The molecule has 0 radical (unpaired) electrons. The van der Waals surface area contributed by atoms with Crippen molar-refractivity contribution in [3.05, 3.63) is 0 Å². The molecule has 1 saturated heterocycles. The molecule has 0 saturated carbocycles. The Hall–Kier alpha value is -1.98. The Balaban J connectivity index is 3.36. The first-order valence-electron chi connectivity index (χ1n) is 11.0. The van der Waals surface area contributed by atoms with Crippen LogP contribution in [0.1, 0.15) is 41.5 Å². The van der Waals surface area contributed by atoms with Crippen LogP contribution in [0.25, 0.3) is 0 Å². The lowest BCUT2D eigenvalue weighted by Gasteiger charge is -2.44. The van der Waals surface area contributed by atoms with Gasteiger partial charge in [0.15, 0.2) is 24.6 Å². The molecule has 1 fully saturated rings. The van der Waals surface area contributed by atoms with E-state index in [-0.39, 0.29) is 6.61 Å². The molecule has 0 bridgehead atoms. The summed E-state index contributed by atoms with van der Waals surface area (Å²) in [5.74, 6) is -2.50. The van der Waals surface area contributed by atoms with Crippen molar-refractivity contribution in [3.63, 3.8) is 0 Å². The van der Waals surface area contributed by atoms with E-state index in [2.05, 4.69) is 19.6 Å². The van der Waals surface area contributed by atoms with Crippen molar-refractivity contribution in [1.82, 2.24) is 0 Å². The lowest BCUT2D eigenvalue weighted by atomic mass is 9.95. The first kappa shape index (κ1) is 29.0. The minimum atomic E-state index is -1.46. The number of hydrogen-bond acceptors (Lipinski definition) is 10. The van der Waals surface area contributed by atoms with Crippen LogP contribution in [0.5, 0.6) is 0 Å². The molecule has 0 aromatic carbocycles. The molecular formula is C22H38O10Si. The minimum absolute atomic E-state index is 0.279. The van der Waals surface area contributed by atoms with Gasteiger partial charge in [-0.2, -0.15) is 0 Å². The number of carbonyl (C=O) groups is 4. The SMILES string of the molecule is CC(=O)OC[C@H]1O[C@H](OCC[Si](C)(C)C)[C@@H](OC(=O)C(C)(C)C)[C@@H](OC(C)=O)[C@@H]1OC(C)=O. The molecule has 33 heavy (non-hydrogen) atoms. The summed E-state index contributed by atoms with van der Waals surface area (Å²) in [6.07, 6.45) is -5.78. The van der Waals surface area contributed by atoms with Gasteiger partial charge < -0.3 is 28.4 Å². The highest BCUT2D eigenvalue weighted by molar-refractivity contribution is 6.76. The zero-order valence-electron chi connectivity index (χ0n) is 21.1. The van der Waals surface area contributed by atoms with Crippen LogP contribution in [-0.4, -0.2) is 75.9 Å². The van der Waals surface area contributed by atoms with Crippen molar-refractivity contribution in [2.24, 2.45) is 5.41 Å². The minimum Gasteiger partial charge on any atom is -0.463 e. The monoisotopic (exact) mass is 490 g/mol. The topological polar surface area (TPSA) is 124 Å². The lowest BCUT2D eigenvalue weighted by Crippen LogP contribution is -2.63. The molecule has 1 heterocycles. The molecule has 10 nitrogen and oxygen atoms in total. The standard InChI is InChI=1S/C22H38O10Si/c1-13(23)28-12-16-17(29-14(2)24)18(30-15(3)25)19(32-21(26)22(4,5)6)20(31-16)27-10-11-33(7,8)9/h16-20H,10-12H2,1-9H3/t16-,17-,18+,19+,20+/m1/s1. The Morgan fingerprint density at radius 1 is 0.818 bits per heavy atom. The van der Waals surface area contributed by atoms with Gasteiger partial charge in [0.2, 0.25) is 0 Å². The summed E-state index contributed by atoms with van der Waals surface area (Å²) in [4.78, 5) is 47.9. The molecule has 5 atom stereocenters. The van der Waals surface area contributed by atoms with Gasteiger partial charge in [-0.05, 0) is 26.8 Å². The van der Waals surface area contributed by atoms with E-state index in [0.717, 1.165) is 6.04 Å². The van der Waals surface area contributed by atoms with E-state index in [1.54, 1.807) is 20.8 Å². The third kappa shape index (κ3) is 10.2. The van der Waals surface area contributed by atoms with Crippen molar-refractivity contribution in [1.29, 1.82) is 0 Å². The smallest absolute Gasteiger partial charge is 0.311 e. The predicted octanol–water partition coefficient (Wildman–Crippen LogP) is 2.45. The lowest BCUT2D eigenvalue weighted by molar-refractivity contribution is -0.308. The first-order chi connectivity index (χ1) is 15.0. The van der Waals surface area contributed by atoms with Crippen LogP contribution in [0.4, 0.5) is 0 Å². The van der Waals surface area contributed by atoms with Gasteiger partial charge in [-0.15, -0.1) is 0 Å². The van der Waals surface area contributed by atoms with E-state index >= 15 is 0 Å². The van der Waals surface area contributed by atoms with Crippen molar-refractivity contribution in [2.75, 3.05) is 13.2 Å². The van der Waals surface area contributed by atoms with E-state index in [1.165, 1.54) is 20.8 Å². The highest BCUT2D eigenvalue weighted by Gasteiger charge is 2.53. The van der Waals surface area contributed by atoms with Crippen molar-refractivity contribution in [2.45, 2.75) is 97.9 Å². The van der Waals surface area contributed by atoms with Gasteiger partial charge >= 0.3 is 23.9 Å². The molecule has 1 aliphatic heterocycles. The molecule has 0 aromatic heterocycles. The largest absolute Gasteiger partial charge is 0.463 e. The molecule has 0 spiro atoms. The highest BCUT2D eigenvalue weighted by atomic mass is 28.3. The second kappa shape index (κ2) is 11.9. The summed E-state index contributed by atoms with van der Waals surface area (Å²) in [5, 5.41) is 0. The Morgan fingerprint density at radius 3 is 1.82 bits per heavy atom. The predicted molar refractivity (Wildman–Crippen MR) is 120 cm³/mol. The molecule has 0 aliphatic carbocycles. The van der Waals surface area contributed by atoms with Crippen LogP contribution in [-0.2, 0) is 47.6 Å². The fourth-order valence-electron chi connectivity index (χ4n) is 2.91. The van der Waals surface area contributed by atoms with Crippen LogP contribution in [0.3, 0.4) is 0 Å². The number of rotatable bonds is 9. The van der Waals surface area contributed by atoms with Gasteiger partial charge in [-0.1, -0.05) is 19.6 Å². The fourth-order valence-corrected chi connectivity index (χ4v) is 3.64. The summed E-state index contributed by atoms with van der Waals surface area (Å²) in [5.41, 5.74) is -0.866. The Morgan fingerprint density at radius 2 is 1.36 bits per heavy atom. The summed E-state index contributed by atoms with van der Waals surface area (Å²) in [7, 11) is -1.46. The van der Waals surface area contributed by atoms with Crippen LogP contribution in [0.2, 0.25) is 25.7 Å². The van der Waals surface area contributed by atoms with Crippen molar-refractivity contribution >= 4 is 32.0 Å². The second-order valence-electron chi connectivity index (χ2n) is 10.3. The van der Waals surface area contributed by atoms with Crippen LogP contribution in [0.15, 0.2) is 0 Å².